The van der Waals surface area contributed by atoms with Gasteiger partial charge >= 0.3 is 0 Å². The number of carbonyl (C=O) groups is 1. The SMILES string of the molecule is CC(=O)N1CCC(CN[C@@H]2C[C@@]23CCc2ccccc23)CC1. The summed E-state index contributed by atoms with van der Waals surface area (Å²) >= 11 is 0. The van der Waals surface area contributed by atoms with Gasteiger partial charge in [-0.25, -0.2) is 0 Å². The van der Waals surface area contributed by atoms with Gasteiger partial charge in [-0.2, -0.15) is 0 Å². The molecule has 1 spiro atoms. The fourth-order valence-corrected chi connectivity index (χ4v) is 4.62. The van der Waals surface area contributed by atoms with E-state index in [0.29, 0.717) is 11.5 Å². The first-order valence-corrected chi connectivity index (χ1v) is 8.76. The number of carbonyl (C=O) groups excluding carboxylic acids is 1. The number of nitrogens with one attached hydrogen (secondary N) is 1. The number of benzene rings is 1. The molecule has 1 N–H and O–H groups in total. The van der Waals surface area contributed by atoms with Crippen LogP contribution in [0.1, 0.15) is 43.7 Å². The lowest BCUT2D eigenvalue weighted by molar-refractivity contribution is -0.130. The molecule has 3 heteroatoms. The van der Waals surface area contributed by atoms with Crippen LogP contribution in [0, 0.1) is 5.92 Å². The van der Waals surface area contributed by atoms with Crippen LogP contribution >= 0.6 is 0 Å². The molecule has 1 aromatic carbocycles. The molecule has 0 aromatic heterocycles. The highest BCUT2D eigenvalue weighted by atomic mass is 16.2. The van der Waals surface area contributed by atoms with Crippen LogP contribution < -0.4 is 5.32 Å². The molecule has 1 amide bonds. The molecule has 1 aliphatic heterocycles. The largest absolute Gasteiger partial charge is 0.343 e. The van der Waals surface area contributed by atoms with E-state index in [2.05, 4.69) is 29.6 Å². The van der Waals surface area contributed by atoms with Crippen LogP contribution in [0.4, 0.5) is 0 Å². The van der Waals surface area contributed by atoms with Crippen LogP contribution in [0.2, 0.25) is 0 Å². The summed E-state index contributed by atoms with van der Waals surface area (Å²) in [5.74, 6) is 0.972. The summed E-state index contributed by atoms with van der Waals surface area (Å²) in [6.07, 6.45) is 6.21. The molecule has 3 aliphatic rings. The minimum atomic E-state index is 0.232. The molecule has 3 nitrogen and oxygen atoms in total. The van der Waals surface area contributed by atoms with Crippen molar-refractivity contribution in [3.63, 3.8) is 0 Å². The molecular formula is C19H26N2O. The van der Waals surface area contributed by atoms with Crippen LogP contribution in [-0.2, 0) is 16.6 Å². The molecule has 118 valence electrons. The molecule has 2 atom stereocenters. The van der Waals surface area contributed by atoms with E-state index in [9.17, 15) is 4.79 Å². The summed E-state index contributed by atoms with van der Waals surface area (Å²) in [7, 11) is 0. The Kier molecular flexibility index (Phi) is 3.48. The van der Waals surface area contributed by atoms with Gasteiger partial charge < -0.3 is 10.2 Å². The van der Waals surface area contributed by atoms with E-state index in [0.717, 1.165) is 38.4 Å². The maximum atomic E-state index is 11.4. The second-order valence-corrected chi connectivity index (χ2v) is 7.43. The molecule has 2 fully saturated rings. The zero-order valence-corrected chi connectivity index (χ0v) is 13.5. The third-order valence-corrected chi connectivity index (χ3v) is 6.18. The number of hydrogen-bond acceptors (Lipinski definition) is 2. The van der Waals surface area contributed by atoms with Crippen LogP contribution in [0.5, 0.6) is 0 Å². The molecule has 1 saturated carbocycles. The Morgan fingerprint density at radius 1 is 1.32 bits per heavy atom. The lowest BCUT2D eigenvalue weighted by atomic mass is 9.95. The van der Waals surface area contributed by atoms with Gasteiger partial charge in [0.05, 0.1) is 0 Å². The number of aryl methyl sites for hydroxylation is 1. The van der Waals surface area contributed by atoms with Crippen molar-refractivity contribution in [3.8, 4) is 0 Å². The van der Waals surface area contributed by atoms with Crippen molar-refractivity contribution in [2.45, 2.75) is 50.5 Å². The molecule has 4 rings (SSSR count). The molecule has 2 aliphatic carbocycles. The Balaban J connectivity index is 1.30. The molecule has 1 heterocycles. The van der Waals surface area contributed by atoms with E-state index in [1.54, 1.807) is 18.1 Å². The number of likely N-dealkylation sites (tertiary alicyclic amines) is 1. The summed E-state index contributed by atoms with van der Waals surface area (Å²) in [6.45, 7) is 4.70. The first kappa shape index (κ1) is 14.3. The third kappa shape index (κ3) is 2.36. The van der Waals surface area contributed by atoms with Crippen molar-refractivity contribution in [1.29, 1.82) is 0 Å². The molecule has 22 heavy (non-hydrogen) atoms. The third-order valence-electron chi connectivity index (χ3n) is 6.18. The first-order chi connectivity index (χ1) is 10.7. The fraction of sp³-hybridized carbons (Fsp3) is 0.632. The Bertz CT molecular complexity index is 577. The second kappa shape index (κ2) is 5.38. The Morgan fingerprint density at radius 3 is 2.86 bits per heavy atom. The number of hydrogen-bond donors (Lipinski definition) is 1. The van der Waals surface area contributed by atoms with Crippen molar-refractivity contribution in [1.82, 2.24) is 10.2 Å². The van der Waals surface area contributed by atoms with Crippen molar-refractivity contribution in [3.05, 3.63) is 35.4 Å². The summed E-state index contributed by atoms with van der Waals surface area (Å²) in [6, 6.07) is 9.69. The normalized spacial score (nSPS) is 30.6. The summed E-state index contributed by atoms with van der Waals surface area (Å²) in [4.78, 5) is 13.4. The number of nitrogens with zero attached hydrogens (tertiary/aromatic N) is 1. The van der Waals surface area contributed by atoms with Gasteiger partial charge in [-0.1, -0.05) is 24.3 Å². The van der Waals surface area contributed by atoms with Crippen molar-refractivity contribution in [2.24, 2.45) is 5.92 Å². The molecule has 0 radical (unpaired) electrons. The Hall–Kier alpha value is -1.35. The number of fused-ring (bicyclic) bond motifs is 2. The van der Waals surface area contributed by atoms with E-state index in [-0.39, 0.29) is 5.91 Å². The fourth-order valence-electron chi connectivity index (χ4n) is 4.62. The summed E-state index contributed by atoms with van der Waals surface area (Å²) in [5.41, 5.74) is 3.64. The van der Waals surface area contributed by atoms with Gasteiger partial charge in [-0.15, -0.1) is 0 Å². The topological polar surface area (TPSA) is 32.3 Å². The van der Waals surface area contributed by atoms with Gasteiger partial charge in [0.25, 0.3) is 0 Å². The lowest BCUT2D eigenvalue weighted by Crippen LogP contribution is -2.40. The monoisotopic (exact) mass is 298 g/mol. The van der Waals surface area contributed by atoms with E-state index >= 15 is 0 Å². The number of piperidine rings is 1. The smallest absolute Gasteiger partial charge is 0.219 e. The van der Waals surface area contributed by atoms with E-state index in [1.807, 2.05) is 4.90 Å². The summed E-state index contributed by atoms with van der Waals surface area (Å²) < 4.78 is 0. The van der Waals surface area contributed by atoms with E-state index < -0.39 is 0 Å². The Morgan fingerprint density at radius 2 is 2.09 bits per heavy atom. The lowest BCUT2D eigenvalue weighted by Gasteiger charge is -2.31. The summed E-state index contributed by atoms with van der Waals surface area (Å²) in [5, 5.41) is 3.84. The molecule has 1 saturated heterocycles. The zero-order valence-electron chi connectivity index (χ0n) is 13.5. The quantitative estimate of drug-likeness (QED) is 0.930. The van der Waals surface area contributed by atoms with Gasteiger partial charge in [0, 0.05) is 31.5 Å². The maximum Gasteiger partial charge on any atom is 0.219 e. The average molecular weight is 298 g/mol. The second-order valence-electron chi connectivity index (χ2n) is 7.43. The minimum absolute atomic E-state index is 0.232. The average Bonchev–Trinajstić information content (AvgIpc) is 3.13. The number of amides is 1. The molecule has 1 aromatic rings. The highest BCUT2D eigenvalue weighted by molar-refractivity contribution is 5.73. The van der Waals surface area contributed by atoms with Crippen molar-refractivity contribution < 1.29 is 4.79 Å². The zero-order chi connectivity index (χ0) is 15.2. The van der Waals surface area contributed by atoms with Crippen LogP contribution in [0.15, 0.2) is 24.3 Å². The minimum Gasteiger partial charge on any atom is -0.343 e. The van der Waals surface area contributed by atoms with E-state index in [4.69, 9.17) is 0 Å². The predicted molar refractivity (Wildman–Crippen MR) is 87.8 cm³/mol. The Labute approximate surface area is 133 Å². The molecule has 0 unspecified atom stereocenters. The highest BCUT2D eigenvalue weighted by Crippen LogP contribution is 2.56. The van der Waals surface area contributed by atoms with E-state index in [1.165, 1.54) is 19.3 Å². The van der Waals surface area contributed by atoms with Crippen LogP contribution in [-0.4, -0.2) is 36.5 Å². The van der Waals surface area contributed by atoms with Gasteiger partial charge in [-0.3, -0.25) is 4.79 Å². The van der Waals surface area contributed by atoms with Crippen molar-refractivity contribution >= 4 is 5.91 Å². The van der Waals surface area contributed by atoms with Gasteiger partial charge in [-0.05, 0) is 55.7 Å². The highest BCUT2D eigenvalue weighted by Gasteiger charge is 2.57. The molecule has 0 bridgehead atoms. The molecular weight excluding hydrogens is 272 g/mol. The van der Waals surface area contributed by atoms with Gasteiger partial charge in [0.2, 0.25) is 5.91 Å². The maximum absolute atomic E-state index is 11.4. The van der Waals surface area contributed by atoms with Crippen LogP contribution in [0.3, 0.4) is 0 Å². The number of rotatable bonds is 3. The van der Waals surface area contributed by atoms with Gasteiger partial charge in [0.15, 0.2) is 0 Å². The standard InChI is InChI=1S/C19H26N2O/c1-14(22)21-10-7-15(8-11-21)13-20-18-12-19(18)9-6-16-4-2-3-5-17(16)19/h2-5,15,18,20H,6-13H2,1H3/t18-,19-/m1/s1. The first-order valence-electron chi connectivity index (χ1n) is 8.76. The predicted octanol–water partition coefficient (Wildman–Crippen LogP) is 2.49. The van der Waals surface area contributed by atoms with Crippen LogP contribution in [0.25, 0.3) is 0 Å². The van der Waals surface area contributed by atoms with Gasteiger partial charge in [0.1, 0.15) is 0 Å². The van der Waals surface area contributed by atoms with Crippen molar-refractivity contribution in [2.75, 3.05) is 19.6 Å².